The number of halogens is 2. The molecule has 2 heterocycles. The monoisotopic (exact) mass is 332 g/mol. The lowest BCUT2D eigenvalue weighted by atomic mass is 10.0. The third-order valence-electron chi connectivity index (χ3n) is 2.81. The minimum atomic E-state index is 0.604. The van der Waals surface area contributed by atoms with Crippen LogP contribution < -0.4 is 4.90 Å². The van der Waals surface area contributed by atoms with E-state index in [0.717, 1.165) is 22.2 Å². The van der Waals surface area contributed by atoms with E-state index in [1.54, 1.807) is 0 Å². The van der Waals surface area contributed by atoms with Crippen LogP contribution in [-0.2, 0) is 0 Å². The van der Waals surface area contributed by atoms with Crippen LogP contribution in [-0.4, -0.2) is 22.9 Å². The smallest absolute Gasteiger partial charge is 0.128 e. The van der Waals surface area contributed by atoms with Crippen LogP contribution in [0, 0.1) is 0 Å². The quantitative estimate of drug-likeness (QED) is 0.769. The van der Waals surface area contributed by atoms with Crippen LogP contribution in [0.2, 0.25) is 0 Å². The molecule has 2 nitrogen and oxygen atoms in total. The van der Waals surface area contributed by atoms with Crippen LogP contribution in [0.4, 0.5) is 5.82 Å². The molecular weight excluding hydrogens is 320 g/mol. The highest BCUT2D eigenvalue weighted by Gasteiger charge is 2.22. The summed E-state index contributed by atoms with van der Waals surface area (Å²) in [6, 6.07) is 4.75. The molecule has 1 aromatic heterocycles. The van der Waals surface area contributed by atoms with Crippen molar-refractivity contribution < 1.29 is 0 Å². The number of aromatic nitrogens is 1. The Morgan fingerprint density at radius 3 is 2.93 bits per heavy atom. The summed E-state index contributed by atoms with van der Waals surface area (Å²) in [5.41, 5.74) is 0. The molecule has 1 saturated heterocycles. The first-order valence-corrected chi connectivity index (χ1v) is 7.17. The summed E-state index contributed by atoms with van der Waals surface area (Å²) in [4.78, 5) is 6.87. The van der Waals surface area contributed by atoms with Crippen molar-refractivity contribution in [1.29, 1.82) is 0 Å². The van der Waals surface area contributed by atoms with Crippen LogP contribution in [0.3, 0.4) is 0 Å². The van der Waals surface area contributed by atoms with E-state index in [1.165, 1.54) is 19.3 Å². The standard InChI is InChI=1S/C11H14Br2N2/c12-7-10-3-1-2-6-15(10)11-5-4-9(13)8-14-11/h4-5,8,10H,1-3,6-7H2. The van der Waals surface area contributed by atoms with Gasteiger partial charge in [0.2, 0.25) is 0 Å². The second-order valence-corrected chi connectivity index (χ2v) is 5.40. The zero-order valence-electron chi connectivity index (χ0n) is 8.50. The molecule has 1 aromatic rings. The molecule has 0 amide bonds. The lowest BCUT2D eigenvalue weighted by Gasteiger charge is -2.35. The molecule has 82 valence electrons. The predicted octanol–water partition coefficient (Wildman–Crippen LogP) is 3.60. The molecule has 1 fully saturated rings. The van der Waals surface area contributed by atoms with Gasteiger partial charge in [0.25, 0.3) is 0 Å². The largest absolute Gasteiger partial charge is 0.353 e. The summed E-state index contributed by atoms with van der Waals surface area (Å²) < 4.78 is 1.04. The van der Waals surface area contributed by atoms with E-state index in [0.29, 0.717) is 6.04 Å². The van der Waals surface area contributed by atoms with Crippen LogP contribution in [0.25, 0.3) is 0 Å². The van der Waals surface area contributed by atoms with Crippen molar-refractivity contribution >= 4 is 37.7 Å². The van der Waals surface area contributed by atoms with Gasteiger partial charge in [-0.25, -0.2) is 4.98 Å². The molecule has 1 aliphatic rings. The molecule has 15 heavy (non-hydrogen) atoms. The highest BCUT2D eigenvalue weighted by Crippen LogP contribution is 2.24. The third kappa shape index (κ3) is 2.72. The number of hydrogen-bond donors (Lipinski definition) is 0. The number of rotatable bonds is 2. The highest BCUT2D eigenvalue weighted by molar-refractivity contribution is 9.10. The number of anilines is 1. The van der Waals surface area contributed by atoms with Crippen LogP contribution >= 0.6 is 31.9 Å². The van der Waals surface area contributed by atoms with Gasteiger partial charge in [-0.1, -0.05) is 15.9 Å². The second kappa shape index (κ2) is 5.30. The second-order valence-electron chi connectivity index (χ2n) is 3.83. The molecule has 0 aromatic carbocycles. The number of pyridine rings is 1. The number of hydrogen-bond acceptors (Lipinski definition) is 2. The average molecular weight is 334 g/mol. The lowest BCUT2D eigenvalue weighted by Crippen LogP contribution is -2.41. The summed E-state index contributed by atoms with van der Waals surface area (Å²) in [6.07, 6.45) is 5.75. The normalized spacial score (nSPS) is 21.7. The van der Waals surface area contributed by atoms with Gasteiger partial charge >= 0.3 is 0 Å². The number of nitrogens with zero attached hydrogens (tertiary/aromatic N) is 2. The van der Waals surface area contributed by atoms with Crippen LogP contribution in [0.15, 0.2) is 22.8 Å². The Hall–Kier alpha value is -0.0900. The summed E-state index contributed by atoms with van der Waals surface area (Å²) in [5, 5.41) is 1.03. The molecule has 0 saturated carbocycles. The van der Waals surface area contributed by atoms with Crippen LogP contribution in [0.1, 0.15) is 19.3 Å². The van der Waals surface area contributed by atoms with Gasteiger partial charge in [0.05, 0.1) is 0 Å². The van der Waals surface area contributed by atoms with E-state index in [4.69, 9.17) is 0 Å². The van der Waals surface area contributed by atoms with Crippen molar-refractivity contribution in [2.45, 2.75) is 25.3 Å². The zero-order valence-corrected chi connectivity index (χ0v) is 11.7. The van der Waals surface area contributed by atoms with Gasteiger partial charge in [0.1, 0.15) is 5.82 Å². The molecule has 4 heteroatoms. The number of piperidine rings is 1. The van der Waals surface area contributed by atoms with E-state index in [2.05, 4.69) is 53.9 Å². The first-order valence-electron chi connectivity index (χ1n) is 5.25. The van der Waals surface area contributed by atoms with Crippen molar-refractivity contribution in [2.24, 2.45) is 0 Å². The minimum Gasteiger partial charge on any atom is -0.353 e. The van der Waals surface area contributed by atoms with Crippen molar-refractivity contribution in [3.8, 4) is 0 Å². The summed E-state index contributed by atoms with van der Waals surface area (Å²) >= 11 is 7.00. The fourth-order valence-electron chi connectivity index (χ4n) is 2.00. The molecule has 0 spiro atoms. The van der Waals surface area contributed by atoms with Crippen LogP contribution in [0.5, 0.6) is 0 Å². The Balaban J connectivity index is 2.16. The fraction of sp³-hybridized carbons (Fsp3) is 0.545. The van der Waals surface area contributed by atoms with Gasteiger partial charge in [-0.05, 0) is 47.3 Å². The van der Waals surface area contributed by atoms with E-state index in [1.807, 2.05) is 6.20 Å². The van der Waals surface area contributed by atoms with Gasteiger partial charge in [0.15, 0.2) is 0 Å². The summed E-state index contributed by atoms with van der Waals surface area (Å²) in [5.74, 6) is 1.10. The third-order valence-corrected chi connectivity index (χ3v) is 4.03. The Kier molecular flexibility index (Phi) is 4.03. The summed E-state index contributed by atoms with van der Waals surface area (Å²) in [7, 11) is 0. The van der Waals surface area contributed by atoms with Gasteiger partial charge in [-0.15, -0.1) is 0 Å². The molecule has 2 rings (SSSR count). The Labute approximate surface area is 107 Å². The summed E-state index contributed by atoms with van der Waals surface area (Å²) in [6.45, 7) is 1.13. The van der Waals surface area contributed by atoms with Crippen molar-refractivity contribution in [2.75, 3.05) is 16.8 Å². The molecule has 0 bridgehead atoms. The highest BCUT2D eigenvalue weighted by atomic mass is 79.9. The van der Waals surface area contributed by atoms with Gasteiger partial charge in [-0.3, -0.25) is 0 Å². The molecule has 0 N–H and O–H groups in total. The molecule has 0 radical (unpaired) electrons. The van der Waals surface area contributed by atoms with E-state index < -0.39 is 0 Å². The maximum atomic E-state index is 4.46. The van der Waals surface area contributed by atoms with Gasteiger partial charge in [0, 0.05) is 28.6 Å². The van der Waals surface area contributed by atoms with Crippen molar-refractivity contribution in [3.63, 3.8) is 0 Å². The fourth-order valence-corrected chi connectivity index (χ4v) is 2.91. The maximum Gasteiger partial charge on any atom is 0.128 e. The van der Waals surface area contributed by atoms with Crippen molar-refractivity contribution in [3.05, 3.63) is 22.8 Å². The Morgan fingerprint density at radius 2 is 2.27 bits per heavy atom. The first kappa shape index (κ1) is 11.4. The SMILES string of the molecule is BrCC1CCCCN1c1ccc(Br)cn1. The lowest BCUT2D eigenvalue weighted by molar-refractivity contribution is 0.487. The first-order chi connectivity index (χ1) is 7.31. The Morgan fingerprint density at radius 1 is 1.40 bits per heavy atom. The minimum absolute atomic E-state index is 0.604. The topological polar surface area (TPSA) is 16.1 Å². The molecular formula is C11H14Br2N2. The number of alkyl halides is 1. The predicted molar refractivity (Wildman–Crippen MR) is 70.7 cm³/mol. The van der Waals surface area contributed by atoms with Gasteiger partial charge < -0.3 is 4.90 Å². The molecule has 1 aliphatic heterocycles. The van der Waals surface area contributed by atoms with Crippen molar-refractivity contribution in [1.82, 2.24) is 4.98 Å². The maximum absolute atomic E-state index is 4.46. The van der Waals surface area contributed by atoms with E-state index in [-0.39, 0.29) is 0 Å². The molecule has 1 atom stereocenters. The molecule has 0 aliphatic carbocycles. The van der Waals surface area contributed by atoms with E-state index >= 15 is 0 Å². The average Bonchev–Trinajstić information content (AvgIpc) is 2.30. The van der Waals surface area contributed by atoms with E-state index in [9.17, 15) is 0 Å². The Bertz CT molecular complexity index is 313. The zero-order chi connectivity index (χ0) is 10.7. The van der Waals surface area contributed by atoms with Gasteiger partial charge in [-0.2, -0.15) is 0 Å². The molecule has 1 unspecified atom stereocenters.